The van der Waals surface area contributed by atoms with Crippen LogP contribution in [0.1, 0.15) is 0 Å². The van der Waals surface area contributed by atoms with Crippen LogP contribution in [0.4, 0.5) is 5.69 Å². The maximum absolute atomic E-state index is 11.7. The van der Waals surface area contributed by atoms with Crippen LogP contribution in [0.15, 0.2) is 36.4 Å². The van der Waals surface area contributed by atoms with Gasteiger partial charge in [0, 0.05) is 12.1 Å². The lowest BCUT2D eigenvalue weighted by Gasteiger charge is -2.09. The molecule has 23 heavy (non-hydrogen) atoms. The van der Waals surface area contributed by atoms with E-state index in [2.05, 4.69) is 0 Å². The maximum atomic E-state index is 11.7. The molecule has 0 spiro atoms. The molecule has 0 aromatic heterocycles. The molecule has 0 unspecified atom stereocenters. The highest BCUT2D eigenvalue weighted by molar-refractivity contribution is 6.43. The average Bonchev–Trinajstić information content (AvgIpc) is 2.50. The van der Waals surface area contributed by atoms with E-state index in [1.165, 1.54) is 30.3 Å². The Morgan fingerprint density at radius 2 is 1.78 bits per heavy atom. The summed E-state index contributed by atoms with van der Waals surface area (Å²) in [5.41, 5.74) is -0.191. The van der Waals surface area contributed by atoms with Crippen LogP contribution in [0.25, 0.3) is 0 Å². The predicted molar refractivity (Wildman–Crippen MR) is 85.7 cm³/mol. The van der Waals surface area contributed by atoms with Crippen molar-refractivity contribution in [2.75, 3.05) is 6.61 Å². The number of nitrogens with zero attached hydrogens (tertiary/aromatic N) is 1. The third-order valence-electron chi connectivity index (χ3n) is 2.58. The second-order valence-corrected chi connectivity index (χ2v) is 5.44. The van der Waals surface area contributed by atoms with E-state index in [0.717, 1.165) is 6.07 Å². The summed E-state index contributed by atoms with van der Waals surface area (Å²) in [5, 5.41) is 11.3. The Hall–Kier alpha value is -2.02. The van der Waals surface area contributed by atoms with Gasteiger partial charge in [0.2, 0.25) is 0 Å². The summed E-state index contributed by atoms with van der Waals surface area (Å²) in [6, 6.07) is 7.97. The van der Waals surface area contributed by atoms with Crippen LogP contribution in [-0.4, -0.2) is 17.5 Å². The Morgan fingerprint density at radius 3 is 2.48 bits per heavy atom. The van der Waals surface area contributed by atoms with Crippen molar-refractivity contribution in [3.05, 3.63) is 61.6 Å². The number of hydrogen-bond acceptors (Lipinski definition) is 5. The summed E-state index contributed by atoms with van der Waals surface area (Å²) < 4.78 is 10.2. The Morgan fingerprint density at radius 1 is 1.09 bits per heavy atom. The van der Waals surface area contributed by atoms with Gasteiger partial charge >= 0.3 is 5.97 Å². The van der Waals surface area contributed by atoms with E-state index in [1.54, 1.807) is 0 Å². The number of carbonyl (C=O) groups excluding carboxylic acids is 1. The molecule has 0 bridgehead atoms. The SMILES string of the molecule is O=C(COc1cc(Cl)c(Cl)cc1Cl)Oc1cccc([N+](=O)[O-])c1. The van der Waals surface area contributed by atoms with Gasteiger partial charge in [-0.15, -0.1) is 0 Å². The Balaban J connectivity index is 1.99. The number of benzene rings is 2. The zero-order valence-electron chi connectivity index (χ0n) is 11.3. The Labute approximate surface area is 145 Å². The molecule has 0 saturated carbocycles. The van der Waals surface area contributed by atoms with Crippen molar-refractivity contribution in [3.63, 3.8) is 0 Å². The quantitative estimate of drug-likeness (QED) is 0.252. The highest BCUT2D eigenvalue weighted by Gasteiger charge is 2.13. The molecule has 0 fully saturated rings. The highest BCUT2D eigenvalue weighted by atomic mass is 35.5. The summed E-state index contributed by atoms with van der Waals surface area (Å²) in [4.78, 5) is 21.8. The van der Waals surface area contributed by atoms with Crippen LogP contribution in [0.3, 0.4) is 0 Å². The summed E-state index contributed by atoms with van der Waals surface area (Å²) in [7, 11) is 0. The topological polar surface area (TPSA) is 78.7 Å². The Bertz CT molecular complexity index is 766. The predicted octanol–water partition coefficient (Wildman–Crippen LogP) is 4.54. The minimum absolute atomic E-state index is 0.0352. The summed E-state index contributed by atoms with van der Waals surface area (Å²) in [5.74, 6) is -0.558. The zero-order chi connectivity index (χ0) is 17.0. The molecule has 0 atom stereocenters. The first-order valence-electron chi connectivity index (χ1n) is 6.09. The van der Waals surface area contributed by atoms with Gasteiger partial charge in [-0.1, -0.05) is 40.9 Å². The van der Waals surface area contributed by atoms with Crippen LogP contribution in [0, 0.1) is 10.1 Å². The molecule has 0 radical (unpaired) electrons. The van der Waals surface area contributed by atoms with Crippen LogP contribution in [-0.2, 0) is 4.79 Å². The molecule has 0 amide bonds. The van der Waals surface area contributed by atoms with Gasteiger partial charge < -0.3 is 9.47 Å². The molecule has 2 aromatic carbocycles. The van der Waals surface area contributed by atoms with Gasteiger partial charge in [-0.05, 0) is 12.1 Å². The van der Waals surface area contributed by atoms with Gasteiger partial charge in [-0.2, -0.15) is 0 Å². The number of esters is 1. The molecular formula is C14H8Cl3NO5. The largest absolute Gasteiger partial charge is 0.480 e. The smallest absolute Gasteiger partial charge is 0.349 e. The van der Waals surface area contributed by atoms with E-state index >= 15 is 0 Å². The van der Waals surface area contributed by atoms with E-state index in [-0.39, 0.29) is 32.3 Å². The average molecular weight is 377 g/mol. The van der Waals surface area contributed by atoms with Crippen LogP contribution in [0.2, 0.25) is 15.1 Å². The van der Waals surface area contributed by atoms with Crippen molar-refractivity contribution in [1.82, 2.24) is 0 Å². The molecule has 0 aliphatic heterocycles. The molecular weight excluding hydrogens is 369 g/mol. The summed E-state index contributed by atoms with van der Waals surface area (Å²) >= 11 is 17.5. The molecule has 2 rings (SSSR count). The van der Waals surface area contributed by atoms with Crippen molar-refractivity contribution < 1.29 is 19.2 Å². The van der Waals surface area contributed by atoms with Crippen molar-refractivity contribution in [3.8, 4) is 11.5 Å². The second-order valence-electron chi connectivity index (χ2n) is 4.21. The van der Waals surface area contributed by atoms with Crippen molar-refractivity contribution in [1.29, 1.82) is 0 Å². The van der Waals surface area contributed by atoms with E-state index in [0.29, 0.717) is 0 Å². The van der Waals surface area contributed by atoms with E-state index in [1.807, 2.05) is 0 Å². The first-order chi connectivity index (χ1) is 10.9. The lowest BCUT2D eigenvalue weighted by atomic mass is 10.3. The van der Waals surface area contributed by atoms with Gasteiger partial charge in [0.25, 0.3) is 5.69 Å². The fraction of sp³-hybridized carbons (Fsp3) is 0.0714. The molecule has 0 N–H and O–H groups in total. The number of carbonyl (C=O) groups is 1. The summed E-state index contributed by atoms with van der Waals surface area (Å²) in [6.07, 6.45) is 0. The first kappa shape index (κ1) is 17.3. The molecule has 9 heteroatoms. The number of hydrogen-bond donors (Lipinski definition) is 0. The summed E-state index contributed by atoms with van der Waals surface area (Å²) in [6.45, 7) is -0.458. The third kappa shape index (κ3) is 4.72. The minimum atomic E-state index is -0.757. The standard InChI is InChI=1S/C14H8Cl3NO5/c15-10-5-12(17)13(6-11(10)16)22-7-14(19)23-9-3-1-2-8(4-9)18(20)21/h1-6H,7H2. The lowest BCUT2D eigenvalue weighted by molar-refractivity contribution is -0.384. The fourth-order valence-corrected chi connectivity index (χ4v) is 2.16. The molecule has 0 heterocycles. The number of halogens is 3. The van der Waals surface area contributed by atoms with Gasteiger partial charge in [0.05, 0.1) is 26.1 Å². The normalized spacial score (nSPS) is 10.2. The molecule has 0 aliphatic carbocycles. The monoisotopic (exact) mass is 375 g/mol. The van der Waals surface area contributed by atoms with Crippen LogP contribution < -0.4 is 9.47 Å². The number of rotatable bonds is 5. The van der Waals surface area contributed by atoms with Gasteiger partial charge in [-0.25, -0.2) is 4.79 Å². The minimum Gasteiger partial charge on any atom is -0.480 e. The van der Waals surface area contributed by atoms with E-state index in [4.69, 9.17) is 44.3 Å². The number of nitro benzene ring substituents is 1. The Kier molecular flexibility index (Phi) is 5.65. The first-order valence-corrected chi connectivity index (χ1v) is 7.22. The highest BCUT2D eigenvalue weighted by Crippen LogP contribution is 2.33. The number of non-ortho nitro benzene ring substituents is 1. The molecule has 0 aliphatic rings. The van der Waals surface area contributed by atoms with Crippen molar-refractivity contribution in [2.24, 2.45) is 0 Å². The second kappa shape index (κ2) is 7.50. The maximum Gasteiger partial charge on any atom is 0.349 e. The number of nitro groups is 1. The molecule has 2 aromatic rings. The van der Waals surface area contributed by atoms with E-state index < -0.39 is 17.5 Å². The molecule has 6 nitrogen and oxygen atoms in total. The van der Waals surface area contributed by atoms with Crippen molar-refractivity contribution in [2.45, 2.75) is 0 Å². The third-order valence-corrected chi connectivity index (χ3v) is 3.60. The van der Waals surface area contributed by atoms with E-state index in [9.17, 15) is 14.9 Å². The van der Waals surface area contributed by atoms with Gasteiger partial charge in [0.15, 0.2) is 6.61 Å². The van der Waals surface area contributed by atoms with Crippen LogP contribution >= 0.6 is 34.8 Å². The van der Waals surface area contributed by atoms with Gasteiger partial charge in [-0.3, -0.25) is 10.1 Å². The number of ether oxygens (including phenoxy) is 2. The zero-order valence-corrected chi connectivity index (χ0v) is 13.6. The lowest BCUT2D eigenvalue weighted by Crippen LogP contribution is -2.17. The van der Waals surface area contributed by atoms with Crippen LogP contribution in [0.5, 0.6) is 11.5 Å². The molecule has 120 valence electrons. The van der Waals surface area contributed by atoms with Crippen molar-refractivity contribution >= 4 is 46.5 Å². The van der Waals surface area contributed by atoms with Gasteiger partial charge in [0.1, 0.15) is 11.5 Å². The fourth-order valence-electron chi connectivity index (χ4n) is 1.57. The molecule has 0 saturated heterocycles.